The van der Waals surface area contributed by atoms with Gasteiger partial charge in [-0.25, -0.2) is 0 Å². The number of allylic oxidation sites excluding steroid dienone is 8. The first-order valence-corrected chi connectivity index (χ1v) is 34.9. The van der Waals surface area contributed by atoms with Gasteiger partial charge in [0, 0.05) is 12.8 Å². The highest BCUT2D eigenvalue weighted by Gasteiger charge is 2.20. The fourth-order valence-electron chi connectivity index (χ4n) is 10.8. The van der Waals surface area contributed by atoms with Crippen molar-refractivity contribution in [1.82, 2.24) is 5.32 Å². The third kappa shape index (κ3) is 63.0. The van der Waals surface area contributed by atoms with Gasteiger partial charge in [0.15, 0.2) is 0 Å². The van der Waals surface area contributed by atoms with E-state index in [1.807, 2.05) is 0 Å². The molecule has 0 aromatic rings. The number of rotatable bonds is 65. The largest absolute Gasteiger partial charge is 0.466 e. The Morgan fingerprint density at radius 1 is 0.359 bits per heavy atom. The molecule has 1 amide bonds. The quantitative estimate of drug-likeness (QED) is 0.0320. The van der Waals surface area contributed by atoms with Crippen molar-refractivity contribution in [2.75, 3.05) is 13.2 Å². The summed E-state index contributed by atoms with van der Waals surface area (Å²) >= 11 is 0. The lowest BCUT2D eigenvalue weighted by Crippen LogP contribution is -2.45. The zero-order valence-electron chi connectivity index (χ0n) is 52.4. The number of ether oxygens (including phenoxy) is 1. The van der Waals surface area contributed by atoms with E-state index in [9.17, 15) is 19.8 Å². The average Bonchev–Trinajstić information content (AvgIpc) is 3.44. The Morgan fingerprint density at radius 3 is 1.00 bits per heavy atom. The smallest absolute Gasteiger partial charge is 0.305 e. The second kappa shape index (κ2) is 67.3. The van der Waals surface area contributed by atoms with E-state index in [0.29, 0.717) is 25.9 Å². The van der Waals surface area contributed by atoms with E-state index in [1.54, 1.807) is 0 Å². The molecule has 0 aliphatic carbocycles. The molecule has 0 aliphatic rings. The first kappa shape index (κ1) is 75.8. The minimum absolute atomic E-state index is 0.00833. The number of aliphatic hydroxyl groups is 2. The molecule has 2 unspecified atom stereocenters. The fraction of sp³-hybridized carbons (Fsp3) is 0.861. The van der Waals surface area contributed by atoms with Gasteiger partial charge in [-0.15, -0.1) is 0 Å². The number of carbonyl (C=O) groups is 2. The monoisotopic (exact) mass is 1090 g/mol. The van der Waals surface area contributed by atoms with Gasteiger partial charge in [0.1, 0.15) is 0 Å². The fourth-order valence-corrected chi connectivity index (χ4v) is 10.8. The summed E-state index contributed by atoms with van der Waals surface area (Å²) in [7, 11) is 0. The first-order valence-electron chi connectivity index (χ1n) is 34.9. The maximum Gasteiger partial charge on any atom is 0.305 e. The van der Waals surface area contributed by atoms with Crippen LogP contribution in [0.1, 0.15) is 373 Å². The summed E-state index contributed by atoms with van der Waals surface area (Å²) in [6, 6.07) is -0.542. The van der Waals surface area contributed by atoms with E-state index in [1.165, 1.54) is 283 Å². The Kier molecular flexibility index (Phi) is 65.4. The second-order valence-corrected chi connectivity index (χ2v) is 23.9. The SMILES string of the molecule is CCCCC/C=C\C/C=C\CCCCCCCCCCCC(=O)OCCCCCCCCCCC/C=C\C/C=C\CCCCCCCCCCCCCCCC(=O)NC(CO)C(O)CCCCCCCCCCCCCCC. The van der Waals surface area contributed by atoms with Crippen LogP contribution in [0.15, 0.2) is 48.6 Å². The van der Waals surface area contributed by atoms with Gasteiger partial charge in [0.25, 0.3) is 0 Å². The lowest BCUT2D eigenvalue weighted by molar-refractivity contribution is -0.143. The van der Waals surface area contributed by atoms with Crippen LogP contribution in [-0.2, 0) is 14.3 Å². The van der Waals surface area contributed by atoms with E-state index in [-0.39, 0.29) is 18.5 Å². The summed E-state index contributed by atoms with van der Waals surface area (Å²) in [5.74, 6) is -0.0266. The zero-order chi connectivity index (χ0) is 56.4. The second-order valence-electron chi connectivity index (χ2n) is 23.9. The third-order valence-electron chi connectivity index (χ3n) is 16.1. The van der Waals surface area contributed by atoms with Gasteiger partial charge in [-0.2, -0.15) is 0 Å². The van der Waals surface area contributed by atoms with Crippen LogP contribution in [0.5, 0.6) is 0 Å². The van der Waals surface area contributed by atoms with E-state index in [0.717, 1.165) is 57.8 Å². The zero-order valence-corrected chi connectivity index (χ0v) is 52.4. The van der Waals surface area contributed by atoms with E-state index < -0.39 is 12.1 Å². The average molecular weight is 1090 g/mol. The lowest BCUT2D eigenvalue weighted by Gasteiger charge is -2.22. The molecule has 0 bridgehead atoms. The maximum atomic E-state index is 12.5. The normalized spacial score (nSPS) is 12.8. The van der Waals surface area contributed by atoms with Gasteiger partial charge < -0.3 is 20.3 Å². The molecular weight excluding hydrogens is 959 g/mol. The number of esters is 1. The van der Waals surface area contributed by atoms with E-state index in [2.05, 4.69) is 67.8 Å². The van der Waals surface area contributed by atoms with Crippen LogP contribution in [0, 0.1) is 0 Å². The molecule has 0 heterocycles. The topological polar surface area (TPSA) is 95.9 Å². The van der Waals surface area contributed by atoms with E-state index >= 15 is 0 Å². The number of hydrogen-bond donors (Lipinski definition) is 3. The number of aliphatic hydroxyl groups excluding tert-OH is 2. The van der Waals surface area contributed by atoms with Crippen molar-refractivity contribution in [3.63, 3.8) is 0 Å². The predicted molar refractivity (Wildman–Crippen MR) is 342 cm³/mol. The molecule has 0 spiro atoms. The van der Waals surface area contributed by atoms with Crippen LogP contribution >= 0.6 is 0 Å². The molecule has 0 fully saturated rings. The molecule has 78 heavy (non-hydrogen) atoms. The van der Waals surface area contributed by atoms with Crippen LogP contribution in [-0.4, -0.2) is 47.4 Å². The highest BCUT2D eigenvalue weighted by molar-refractivity contribution is 5.76. The van der Waals surface area contributed by atoms with Gasteiger partial charge in [-0.3, -0.25) is 9.59 Å². The minimum Gasteiger partial charge on any atom is -0.466 e. The molecule has 6 nitrogen and oxygen atoms in total. The molecule has 458 valence electrons. The summed E-state index contributed by atoms with van der Waals surface area (Å²) in [6.07, 6.45) is 87.3. The van der Waals surface area contributed by atoms with Crippen molar-refractivity contribution >= 4 is 11.9 Å². The van der Waals surface area contributed by atoms with Crippen molar-refractivity contribution in [1.29, 1.82) is 0 Å². The number of carbonyl (C=O) groups excluding carboxylic acids is 2. The van der Waals surface area contributed by atoms with Crippen molar-refractivity contribution in [2.45, 2.75) is 386 Å². The van der Waals surface area contributed by atoms with Crippen molar-refractivity contribution in [3.05, 3.63) is 48.6 Å². The molecule has 0 aliphatic heterocycles. The summed E-state index contributed by atoms with van der Waals surface area (Å²) in [5, 5.41) is 23.3. The number of nitrogens with one attached hydrogen (secondary N) is 1. The van der Waals surface area contributed by atoms with Crippen molar-refractivity contribution < 1.29 is 24.5 Å². The maximum absolute atomic E-state index is 12.5. The summed E-state index contributed by atoms with van der Waals surface area (Å²) < 4.78 is 5.50. The Labute approximate surface area is 486 Å². The first-order chi connectivity index (χ1) is 38.5. The van der Waals surface area contributed by atoms with Gasteiger partial charge >= 0.3 is 5.97 Å². The Morgan fingerprint density at radius 2 is 0.641 bits per heavy atom. The molecule has 0 radical (unpaired) electrons. The molecule has 2 atom stereocenters. The third-order valence-corrected chi connectivity index (χ3v) is 16.1. The Hall–Kier alpha value is -2.18. The summed E-state index contributed by atoms with van der Waals surface area (Å²) in [4.78, 5) is 24.6. The van der Waals surface area contributed by atoms with Crippen LogP contribution in [0.4, 0.5) is 0 Å². The molecule has 6 heteroatoms. The molecule has 0 saturated carbocycles. The predicted octanol–water partition coefficient (Wildman–Crippen LogP) is 22.5. The van der Waals surface area contributed by atoms with Crippen molar-refractivity contribution in [3.8, 4) is 0 Å². The Balaban J connectivity index is 3.39. The summed E-state index contributed by atoms with van der Waals surface area (Å²) in [5.41, 5.74) is 0. The molecule has 0 saturated heterocycles. The highest BCUT2D eigenvalue weighted by atomic mass is 16.5. The van der Waals surface area contributed by atoms with Gasteiger partial charge in [0.05, 0.1) is 25.4 Å². The highest BCUT2D eigenvalue weighted by Crippen LogP contribution is 2.18. The number of amides is 1. The Bertz CT molecular complexity index is 1310. The van der Waals surface area contributed by atoms with Gasteiger partial charge in [-0.05, 0) is 89.9 Å². The standard InChI is InChI=1S/C72H135NO5/c1-3-5-7-9-11-13-15-17-18-19-31-35-38-42-46-50-54-58-62-66-72(77)78-67-63-59-55-51-47-43-39-36-33-30-28-26-24-22-20-21-23-25-27-29-32-34-37-41-45-49-53-57-61-65-71(76)73-69(68-74)70(75)64-60-56-52-48-44-40-16-14-12-10-8-6-4-2/h11,13,17-18,20,22,26,28,69-70,74-75H,3-10,12,14-16,19,21,23-25,27,29-68H2,1-2H3,(H,73,76)/b13-11-,18-17-,22-20-,28-26-. The van der Waals surface area contributed by atoms with Crippen LogP contribution in [0.25, 0.3) is 0 Å². The van der Waals surface area contributed by atoms with Gasteiger partial charge in [-0.1, -0.05) is 319 Å². The van der Waals surface area contributed by atoms with E-state index in [4.69, 9.17) is 4.74 Å². The van der Waals surface area contributed by atoms with Crippen LogP contribution in [0.3, 0.4) is 0 Å². The molecule has 3 N–H and O–H groups in total. The molecule has 0 aromatic carbocycles. The van der Waals surface area contributed by atoms with Crippen LogP contribution in [0.2, 0.25) is 0 Å². The lowest BCUT2D eigenvalue weighted by atomic mass is 10.0. The van der Waals surface area contributed by atoms with Crippen molar-refractivity contribution in [2.24, 2.45) is 0 Å². The van der Waals surface area contributed by atoms with Gasteiger partial charge in [0.2, 0.25) is 5.91 Å². The number of hydrogen-bond acceptors (Lipinski definition) is 5. The summed E-state index contributed by atoms with van der Waals surface area (Å²) in [6.45, 7) is 4.94. The molecular formula is C72H135NO5. The minimum atomic E-state index is -0.665. The number of unbranched alkanes of at least 4 members (excludes halogenated alkanes) is 46. The van der Waals surface area contributed by atoms with Crippen LogP contribution < -0.4 is 5.32 Å². The molecule has 0 aromatic heterocycles. The molecule has 0 rings (SSSR count).